The maximum absolute atomic E-state index is 12.7. The van der Waals surface area contributed by atoms with Gasteiger partial charge in [-0.1, -0.05) is 24.3 Å². The number of para-hydroxylation sites is 1. The molecule has 0 aromatic heterocycles. The maximum atomic E-state index is 12.7. The third-order valence-electron chi connectivity index (χ3n) is 4.84. The Balaban J connectivity index is 1.60. The van der Waals surface area contributed by atoms with Crippen molar-refractivity contribution < 1.29 is 22.8 Å². The van der Waals surface area contributed by atoms with Gasteiger partial charge in [0.15, 0.2) is 0 Å². The van der Waals surface area contributed by atoms with Gasteiger partial charge in [0.25, 0.3) is 0 Å². The summed E-state index contributed by atoms with van der Waals surface area (Å²) in [7, 11) is -3.77. The number of hydrogen-bond acceptors (Lipinski definition) is 6. The lowest BCUT2D eigenvalue weighted by molar-refractivity contribution is -0.385. The number of sulfonamides is 1. The fourth-order valence-electron chi connectivity index (χ4n) is 3.32. The van der Waals surface area contributed by atoms with Crippen LogP contribution < -0.4 is 9.47 Å². The minimum atomic E-state index is -3.77. The molecule has 0 unspecified atom stereocenters. The molecule has 1 aliphatic heterocycles. The zero-order valence-corrected chi connectivity index (χ0v) is 17.3. The molecule has 9 heteroatoms. The summed E-state index contributed by atoms with van der Waals surface area (Å²) in [5.74, 6) is 1.41. The average Bonchev–Trinajstić information content (AvgIpc) is 3.31. The second kappa shape index (κ2) is 8.75. The number of nitro groups is 1. The second-order valence-corrected chi connectivity index (χ2v) is 8.93. The summed E-state index contributed by atoms with van der Waals surface area (Å²) in [5.41, 5.74) is -0.422. The predicted molar refractivity (Wildman–Crippen MR) is 114 cm³/mol. The minimum absolute atomic E-state index is 0.0535. The van der Waals surface area contributed by atoms with E-state index in [-0.39, 0.29) is 10.6 Å². The van der Waals surface area contributed by atoms with Gasteiger partial charge in [-0.25, -0.2) is 8.42 Å². The van der Waals surface area contributed by atoms with Crippen LogP contribution in [0.5, 0.6) is 23.0 Å². The first-order chi connectivity index (χ1) is 14.9. The Kier molecular flexibility index (Phi) is 5.88. The van der Waals surface area contributed by atoms with Crippen molar-refractivity contribution in [3.05, 3.63) is 82.9 Å². The van der Waals surface area contributed by atoms with Crippen LogP contribution in [0.1, 0.15) is 12.8 Å². The van der Waals surface area contributed by atoms with E-state index in [1.807, 2.05) is 18.2 Å². The molecule has 0 atom stereocenters. The van der Waals surface area contributed by atoms with Crippen LogP contribution in [0, 0.1) is 10.1 Å². The van der Waals surface area contributed by atoms with Crippen molar-refractivity contribution in [1.82, 2.24) is 4.31 Å². The van der Waals surface area contributed by atoms with E-state index in [1.165, 1.54) is 16.4 Å². The first-order valence-corrected chi connectivity index (χ1v) is 11.2. The topological polar surface area (TPSA) is 99.0 Å². The van der Waals surface area contributed by atoms with Gasteiger partial charge in [-0.15, -0.1) is 0 Å². The molecule has 0 radical (unpaired) electrons. The van der Waals surface area contributed by atoms with Crippen molar-refractivity contribution >= 4 is 15.7 Å². The van der Waals surface area contributed by atoms with Gasteiger partial charge in [-0.2, -0.15) is 4.31 Å². The van der Waals surface area contributed by atoms with Crippen LogP contribution in [0.3, 0.4) is 0 Å². The van der Waals surface area contributed by atoms with E-state index in [0.29, 0.717) is 30.3 Å². The monoisotopic (exact) mass is 440 g/mol. The molecule has 0 amide bonds. The van der Waals surface area contributed by atoms with Crippen molar-refractivity contribution in [1.29, 1.82) is 0 Å². The molecule has 1 fully saturated rings. The number of hydrogen-bond donors (Lipinski definition) is 0. The van der Waals surface area contributed by atoms with E-state index in [4.69, 9.17) is 9.47 Å². The second-order valence-electron chi connectivity index (χ2n) is 6.99. The first-order valence-electron chi connectivity index (χ1n) is 9.73. The van der Waals surface area contributed by atoms with Gasteiger partial charge < -0.3 is 9.47 Å². The number of nitrogens with zero attached hydrogens (tertiary/aromatic N) is 2. The summed E-state index contributed by atoms with van der Waals surface area (Å²) in [4.78, 5) is 10.8. The van der Waals surface area contributed by atoms with Gasteiger partial charge in [-0.05, 0) is 49.2 Å². The molecule has 1 aliphatic rings. The summed E-state index contributed by atoms with van der Waals surface area (Å²) in [6, 6.07) is 19.5. The quantitative estimate of drug-likeness (QED) is 0.380. The lowest BCUT2D eigenvalue weighted by atomic mass is 10.3. The Labute approximate surface area is 179 Å². The van der Waals surface area contributed by atoms with Gasteiger partial charge in [0.2, 0.25) is 15.8 Å². The lowest BCUT2D eigenvalue weighted by Gasteiger charge is -2.16. The van der Waals surface area contributed by atoms with Crippen LogP contribution in [-0.2, 0) is 10.0 Å². The molecule has 0 bridgehead atoms. The van der Waals surface area contributed by atoms with Crippen molar-refractivity contribution in [2.24, 2.45) is 0 Å². The van der Waals surface area contributed by atoms with Crippen molar-refractivity contribution in [2.75, 3.05) is 13.1 Å². The van der Waals surface area contributed by atoms with Crippen molar-refractivity contribution in [2.45, 2.75) is 17.7 Å². The zero-order chi connectivity index (χ0) is 21.8. The van der Waals surface area contributed by atoms with Crippen LogP contribution in [0.15, 0.2) is 77.7 Å². The van der Waals surface area contributed by atoms with Crippen LogP contribution in [-0.4, -0.2) is 30.7 Å². The molecule has 0 N–H and O–H groups in total. The number of benzene rings is 3. The van der Waals surface area contributed by atoms with Gasteiger partial charge in [0.1, 0.15) is 17.2 Å². The van der Waals surface area contributed by atoms with Gasteiger partial charge >= 0.3 is 5.69 Å². The minimum Gasteiger partial charge on any atom is -0.457 e. The average molecular weight is 440 g/mol. The fourth-order valence-corrected chi connectivity index (χ4v) is 4.85. The SMILES string of the molecule is O=[N+]([O-])c1cc(S(=O)(=O)N2CCCC2)ccc1Oc1cccc(Oc2ccccc2)c1. The molecule has 0 aliphatic carbocycles. The normalized spacial score (nSPS) is 14.3. The highest BCUT2D eigenvalue weighted by molar-refractivity contribution is 7.89. The molecule has 3 aromatic rings. The lowest BCUT2D eigenvalue weighted by Crippen LogP contribution is -2.27. The standard InChI is InChI=1S/C22H20N2O6S/c25-24(26)21-16-20(31(27,28)23-13-4-5-14-23)11-12-22(21)30-19-10-6-9-18(15-19)29-17-7-2-1-3-8-17/h1-3,6-12,15-16H,4-5,13-14H2. The Morgan fingerprint density at radius 1 is 0.806 bits per heavy atom. The largest absolute Gasteiger partial charge is 0.457 e. The smallest absolute Gasteiger partial charge is 0.312 e. The van der Waals surface area contributed by atoms with Crippen LogP contribution in [0.2, 0.25) is 0 Å². The van der Waals surface area contributed by atoms with E-state index >= 15 is 0 Å². The third-order valence-corrected chi connectivity index (χ3v) is 6.74. The fraction of sp³-hybridized carbons (Fsp3) is 0.182. The Bertz CT molecular complexity index is 1190. The maximum Gasteiger partial charge on any atom is 0.312 e. The van der Waals surface area contributed by atoms with Crippen molar-refractivity contribution in [3.63, 3.8) is 0 Å². The summed E-state index contributed by atoms with van der Waals surface area (Å²) < 4.78 is 38.3. The Morgan fingerprint density at radius 3 is 2.13 bits per heavy atom. The highest BCUT2D eigenvalue weighted by atomic mass is 32.2. The van der Waals surface area contributed by atoms with E-state index < -0.39 is 20.6 Å². The Hall–Kier alpha value is -3.43. The van der Waals surface area contributed by atoms with Crippen LogP contribution >= 0.6 is 0 Å². The molecular weight excluding hydrogens is 420 g/mol. The number of ether oxygens (including phenoxy) is 2. The first kappa shape index (κ1) is 20.8. The summed E-state index contributed by atoms with van der Waals surface area (Å²) in [6.07, 6.45) is 1.56. The summed E-state index contributed by atoms with van der Waals surface area (Å²) in [5, 5.41) is 11.6. The molecular formula is C22H20N2O6S. The third kappa shape index (κ3) is 4.68. The number of rotatable bonds is 7. The van der Waals surface area contributed by atoms with Gasteiger partial charge in [0, 0.05) is 25.2 Å². The molecule has 8 nitrogen and oxygen atoms in total. The molecule has 0 saturated carbocycles. The van der Waals surface area contributed by atoms with Crippen LogP contribution in [0.25, 0.3) is 0 Å². The molecule has 3 aromatic carbocycles. The van der Waals surface area contributed by atoms with Crippen LogP contribution in [0.4, 0.5) is 5.69 Å². The molecule has 1 saturated heterocycles. The van der Waals surface area contributed by atoms with E-state index in [9.17, 15) is 18.5 Å². The summed E-state index contributed by atoms with van der Waals surface area (Å²) in [6.45, 7) is 0.838. The zero-order valence-electron chi connectivity index (χ0n) is 16.5. The molecule has 160 valence electrons. The predicted octanol–water partition coefficient (Wildman–Crippen LogP) is 4.96. The van der Waals surface area contributed by atoms with E-state index in [2.05, 4.69) is 0 Å². The van der Waals surface area contributed by atoms with Gasteiger partial charge in [-0.3, -0.25) is 10.1 Å². The van der Waals surface area contributed by atoms with Crippen molar-refractivity contribution in [3.8, 4) is 23.0 Å². The number of nitro benzene ring substituents is 1. The highest BCUT2D eigenvalue weighted by Gasteiger charge is 2.30. The molecule has 31 heavy (non-hydrogen) atoms. The van der Waals surface area contributed by atoms with E-state index in [0.717, 1.165) is 18.9 Å². The van der Waals surface area contributed by atoms with Gasteiger partial charge in [0.05, 0.1) is 9.82 Å². The summed E-state index contributed by atoms with van der Waals surface area (Å²) >= 11 is 0. The molecule has 1 heterocycles. The Morgan fingerprint density at radius 2 is 1.45 bits per heavy atom. The molecule has 4 rings (SSSR count). The highest BCUT2D eigenvalue weighted by Crippen LogP contribution is 2.36. The van der Waals surface area contributed by atoms with E-state index in [1.54, 1.807) is 36.4 Å². The molecule has 0 spiro atoms.